The molecule has 0 bridgehead atoms. The molecule has 0 aromatic heterocycles. The summed E-state index contributed by atoms with van der Waals surface area (Å²) in [6.45, 7) is 1.08. The van der Waals surface area contributed by atoms with Crippen molar-refractivity contribution in [1.82, 2.24) is 10.2 Å². The highest BCUT2D eigenvalue weighted by Gasteiger charge is 2.45. The number of Topliss-reactive ketones (excluding diaryl/α,β-unsaturated/α-hetero) is 1. The topological polar surface area (TPSA) is 93.1 Å². The van der Waals surface area contributed by atoms with Crippen LogP contribution in [0.2, 0.25) is 0 Å². The van der Waals surface area contributed by atoms with Gasteiger partial charge in [-0.2, -0.15) is 0 Å². The summed E-state index contributed by atoms with van der Waals surface area (Å²) < 4.78 is 0. The predicted octanol–water partition coefficient (Wildman–Crippen LogP) is 1.76. The summed E-state index contributed by atoms with van der Waals surface area (Å²) in [6.07, 6.45) is 0. The fourth-order valence-electron chi connectivity index (χ4n) is 3.57. The van der Waals surface area contributed by atoms with E-state index >= 15 is 0 Å². The second-order valence-corrected chi connectivity index (χ2v) is 7.32. The van der Waals surface area contributed by atoms with Gasteiger partial charge in [0.2, 0.25) is 0 Å². The number of likely N-dealkylation sites (tertiary alicyclic amines) is 1. The third-order valence-corrected chi connectivity index (χ3v) is 5.13. The third-order valence-electron chi connectivity index (χ3n) is 5.13. The van der Waals surface area contributed by atoms with Crippen LogP contribution < -0.4 is 10.2 Å². The van der Waals surface area contributed by atoms with Crippen LogP contribution in [0.25, 0.3) is 5.76 Å². The van der Waals surface area contributed by atoms with E-state index in [0.29, 0.717) is 18.7 Å². The van der Waals surface area contributed by atoms with Crippen LogP contribution >= 0.6 is 0 Å². The van der Waals surface area contributed by atoms with Gasteiger partial charge in [0.25, 0.3) is 11.7 Å². The first kappa shape index (κ1) is 21.5. The average Bonchev–Trinajstić information content (AvgIpc) is 3.01. The molecule has 1 heterocycles. The van der Waals surface area contributed by atoms with Crippen molar-refractivity contribution in [2.24, 2.45) is 0 Å². The van der Waals surface area contributed by atoms with Crippen LogP contribution in [0.4, 0.5) is 5.69 Å². The lowest BCUT2D eigenvalue weighted by Crippen LogP contribution is -2.36. The lowest BCUT2D eigenvalue weighted by atomic mass is 9.95. The number of amides is 1. The zero-order valence-corrected chi connectivity index (χ0v) is 17.2. The molecule has 7 nitrogen and oxygen atoms in total. The molecule has 158 valence electrons. The predicted molar refractivity (Wildman–Crippen MR) is 116 cm³/mol. The number of nitrogens with zero attached hydrogens (tertiary/aromatic N) is 2. The van der Waals surface area contributed by atoms with Crippen molar-refractivity contribution in [3.63, 3.8) is 0 Å². The Morgan fingerprint density at radius 1 is 1.03 bits per heavy atom. The van der Waals surface area contributed by atoms with Crippen molar-refractivity contribution in [1.29, 1.82) is 0 Å². The van der Waals surface area contributed by atoms with Crippen LogP contribution in [-0.2, 0) is 9.59 Å². The molecule has 0 aliphatic carbocycles. The summed E-state index contributed by atoms with van der Waals surface area (Å²) in [6, 6.07) is 15.7. The Labute approximate surface area is 176 Å². The molecule has 1 aliphatic heterocycles. The zero-order valence-electron chi connectivity index (χ0n) is 17.2. The van der Waals surface area contributed by atoms with Gasteiger partial charge >= 0.3 is 0 Å². The molecule has 3 N–H and O–H groups in total. The number of carbonyl (C=O) groups is 2. The van der Waals surface area contributed by atoms with E-state index in [1.54, 1.807) is 24.3 Å². The fourth-order valence-corrected chi connectivity index (χ4v) is 3.57. The average molecular weight is 409 g/mol. The van der Waals surface area contributed by atoms with E-state index < -0.39 is 17.7 Å². The Bertz CT molecular complexity index is 923. The molecule has 0 unspecified atom stereocenters. The molecule has 1 aliphatic rings. The summed E-state index contributed by atoms with van der Waals surface area (Å²) >= 11 is 0. The Morgan fingerprint density at radius 3 is 2.30 bits per heavy atom. The third kappa shape index (κ3) is 4.37. The van der Waals surface area contributed by atoms with Crippen LogP contribution in [0.3, 0.4) is 0 Å². The molecule has 1 saturated heterocycles. The molecule has 1 amide bonds. The van der Waals surface area contributed by atoms with Crippen LogP contribution in [0.15, 0.2) is 60.2 Å². The quantitative estimate of drug-likeness (QED) is 0.266. The van der Waals surface area contributed by atoms with E-state index in [9.17, 15) is 14.7 Å². The lowest BCUT2D eigenvalue weighted by Gasteiger charge is -2.26. The van der Waals surface area contributed by atoms with Crippen LogP contribution in [0.1, 0.15) is 17.2 Å². The van der Waals surface area contributed by atoms with Crippen molar-refractivity contribution in [2.45, 2.75) is 6.04 Å². The summed E-state index contributed by atoms with van der Waals surface area (Å²) in [5.74, 6) is -1.51. The molecule has 1 atom stereocenters. The molecular weight excluding hydrogens is 382 g/mol. The number of carbonyl (C=O) groups excluding carboxylic acids is 2. The van der Waals surface area contributed by atoms with E-state index in [1.807, 2.05) is 49.3 Å². The highest BCUT2D eigenvalue weighted by Crippen LogP contribution is 2.39. The van der Waals surface area contributed by atoms with Crippen molar-refractivity contribution < 1.29 is 19.8 Å². The second kappa shape index (κ2) is 9.56. The van der Waals surface area contributed by atoms with Crippen molar-refractivity contribution in [3.8, 4) is 0 Å². The number of benzene rings is 2. The number of nitrogens with one attached hydrogen (secondary N) is 1. The SMILES string of the molecule is CN(C)c1ccc([C@@H]2C(=C(O)c3ccccc3)C(=O)C(=O)N2CCNCCO)cc1. The Morgan fingerprint density at radius 2 is 1.70 bits per heavy atom. The monoisotopic (exact) mass is 409 g/mol. The maximum absolute atomic E-state index is 12.9. The number of anilines is 1. The van der Waals surface area contributed by atoms with Crippen LogP contribution in [-0.4, -0.2) is 67.1 Å². The van der Waals surface area contributed by atoms with E-state index in [-0.39, 0.29) is 24.5 Å². The molecule has 0 radical (unpaired) electrons. The first-order chi connectivity index (χ1) is 14.5. The number of aliphatic hydroxyl groups is 2. The maximum Gasteiger partial charge on any atom is 0.295 e. The Kier molecular flexibility index (Phi) is 6.87. The molecule has 30 heavy (non-hydrogen) atoms. The number of hydrogen-bond donors (Lipinski definition) is 3. The minimum atomic E-state index is -0.694. The van der Waals surface area contributed by atoms with Crippen molar-refractivity contribution in [3.05, 3.63) is 71.3 Å². The van der Waals surface area contributed by atoms with Gasteiger partial charge in [0.15, 0.2) is 0 Å². The molecule has 2 aromatic carbocycles. The minimum Gasteiger partial charge on any atom is -0.507 e. The largest absolute Gasteiger partial charge is 0.507 e. The van der Waals surface area contributed by atoms with E-state index in [2.05, 4.69) is 5.32 Å². The molecule has 3 rings (SSSR count). The van der Waals surface area contributed by atoms with Crippen molar-refractivity contribution in [2.75, 3.05) is 45.2 Å². The first-order valence-electron chi connectivity index (χ1n) is 9.88. The molecule has 7 heteroatoms. The molecule has 0 spiro atoms. The Balaban J connectivity index is 2.05. The molecule has 2 aromatic rings. The van der Waals surface area contributed by atoms with Gasteiger partial charge in [0.1, 0.15) is 5.76 Å². The Hall–Kier alpha value is -3.16. The van der Waals surface area contributed by atoms with Gasteiger partial charge in [-0.25, -0.2) is 0 Å². The minimum absolute atomic E-state index is 0.0117. The van der Waals surface area contributed by atoms with Gasteiger partial charge in [0.05, 0.1) is 18.2 Å². The first-order valence-corrected chi connectivity index (χ1v) is 9.88. The standard InChI is InChI=1S/C23H27N3O4/c1-25(2)18-10-8-16(9-11-18)20-19(21(28)17-6-4-3-5-7-17)22(29)23(30)26(20)14-12-24-13-15-27/h3-11,20,24,27-28H,12-15H2,1-2H3/t20-/m1/s1. The number of ketones is 1. The summed E-state index contributed by atoms with van der Waals surface area (Å²) in [4.78, 5) is 29.2. The molecular formula is C23H27N3O4. The van der Waals surface area contributed by atoms with E-state index in [1.165, 1.54) is 4.90 Å². The van der Waals surface area contributed by atoms with Crippen molar-refractivity contribution >= 4 is 23.1 Å². The van der Waals surface area contributed by atoms with E-state index in [4.69, 9.17) is 5.11 Å². The van der Waals surface area contributed by atoms with Gasteiger partial charge in [-0.15, -0.1) is 0 Å². The summed E-state index contributed by atoms with van der Waals surface area (Å²) in [5, 5.41) is 22.9. The van der Waals surface area contributed by atoms with Gasteiger partial charge in [0, 0.05) is 45.0 Å². The van der Waals surface area contributed by atoms with Crippen LogP contribution in [0, 0.1) is 0 Å². The van der Waals surface area contributed by atoms with Gasteiger partial charge in [-0.1, -0.05) is 42.5 Å². The maximum atomic E-state index is 12.9. The lowest BCUT2D eigenvalue weighted by molar-refractivity contribution is -0.139. The number of aliphatic hydroxyl groups excluding tert-OH is 2. The molecule has 1 fully saturated rings. The highest BCUT2D eigenvalue weighted by molar-refractivity contribution is 6.46. The van der Waals surface area contributed by atoms with E-state index in [0.717, 1.165) is 11.3 Å². The summed E-state index contributed by atoms with van der Waals surface area (Å²) in [5.41, 5.74) is 2.32. The molecule has 0 saturated carbocycles. The van der Waals surface area contributed by atoms with Gasteiger partial charge in [-0.3, -0.25) is 9.59 Å². The zero-order chi connectivity index (χ0) is 21.7. The normalized spacial score (nSPS) is 18.1. The smallest absolute Gasteiger partial charge is 0.295 e. The summed E-state index contributed by atoms with van der Waals surface area (Å²) in [7, 11) is 3.87. The highest BCUT2D eigenvalue weighted by atomic mass is 16.3. The number of rotatable bonds is 8. The fraction of sp³-hybridized carbons (Fsp3) is 0.304. The second-order valence-electron chi connectivity index (χ2n) is 7.32. The van der Waals surface area contributed by atoms with Gasteiger partial charge in [-0.05, 0) is 17.7 Å². The number of hydrogen-bond acceptors (Lipinski definition) is 6. The van der Waals surface area contributed by atoms with Gasteiger partial charge < -0.3 is 25.3 Å². The van der Waals surface area contributed by atoms with Crippen LogP contribution in [0.5, 0.6) is 0 Å².